The average Bonchev–Trinajstić information content (AvgIpc) is 3.19. The molecule has 3 heterocycles. The van der Waals surface area contributed by atoms with Gasteiger partial charge in [0.15, 0.2) is 0 Å². The highest BCUT2D eigenvalue weighted by Gasteiger charge is 2.24. The summed E-state index contributed by atoms with van der Waals surface area (Å²) in [5.74, 6) is 0.681. The van der Waals surface area contributed by atoms with Gasteiger partial charge in [0.1, 0.15) is 16.5 Å². The quantitative estimate of drug-likeness (QED) is 0.352. The molecule has 0 N–H and O–H groups in total. The fourth-order valence-electron chi connectivity index (χ4n) is 4.08. The second-order valence-electron chi connectivity index (χ2n) is 7.90. The van der Waals surface area contributed by atoms with Crippen LogP contribution >= 0.6 is 22.9 Å². The zero-order valence-corrected chi connectivity index (χ0v) is 19.0. The maximum Gasteiger partial charge on any atom is 0.225 e. The molecular formula is C24H22ClFN4S. The van der Waals surface area contributed by atoms with Crippen molar-refractivity contribution in [1.29, 1.82) is 0 Å². The van der Waals surface area contributed by atoms with Crippen molar-refractivity contribution < 1.29 is 4.39 Å². The number of anilines is 2. The van der Waals surface area contributed by atoms with Crippen LogP contribution in [-0.4, -0.2) is 36.1 Å². The maximum absolute atomic E-state index is 13.3. The number of hydrogen-bond acceptors (Lipinski definition) is 5. The Bertz CT molecular complexity index is 1250. The molecule has 31 heavy (non-hydrogen) atoms. The molecule has 0 unspecified atom stereocenters. The SMILES string of the molecule is Cc1ccc(-c2csc3nc(Cl)nc(N4CCN(c5ccc(F)cc5)CC4)c23)cc1C. The number of aromatic nitrogens is 2. The molecule has 0 radical (unpaired) electrons. The number of halogens is 2. The van der Waals surface area contributed by atoms with Crippen LogP contribution in [0.2, 0.25) is 5.28 Å². The van der Waals surface area contributed by atoms with Crippen LogP contribution in [0.5, 0.6) is 0 Å². The van der Waals surface area contributed by atoms with Gasteiger partial charge in [0.25, 0.3) is 0 Å². The summed E-state index contributed by atoms with van der Waals surface area (Å²) in [5.41, 5.74) is 5.90. The van der Waals surface area contributed by atoms with E-state index in [-0.39, 0.29) is 11.1 Å². The van der Waals surface area contributed by atoms with Crippen LogP contribution in [0.1, 0.15) is 11.1 Å². The molecule has 7 heteroatoms. The fraction of sp³-hybridized carbons (Fsp3) is 0.250. The van der Waals surface area contributed by atoms with Crippen molar-refractivity contribution in [2.24, 2.45) is 0 Å². The van der Waals surface area contributed by atoms with Crippen LogP contribution in [0, 0.1) is 19.7 Å². The fourth-order valence-corrected chi connectivity index (χ4v) is 5.23. The Morgan fingerprint density at radius 1 is 0.903 bits per heavy atom. The Labute approximate surface area is 189 Å². The van der Waals surface area contributed by atoms with Crippen molar-refractivity contribution in [3.8, 4) is 11.1 Å². The summed E-state index contributed by atoms with van der Waals surface area (Å²) in [4.78, 5) is 14.6. The van der Waals surface area contributed by atoms with Crippen molar-refractivity contribution >= 4 is 44.7 Å². The number of benzene rings is 2. The van der Waals surface area contributed by atoms with Crippen LogP contribution in [0.4, 0.5) is 15.9 Å². The Morgan fingerprint density at radius 3 is 2.32 bits per heavy atom. The lowest BCUT2D eigenvalue weighted by atomic mass is 10.0. The van der Waals surface area contributed by atoms with E-state index in [9.17, 15) is 4.39 Å². The van der Waals surface area contributed by atoms with Crippen LogP contribution in [0.25, 0.3) is 21.3 Å². The molecule has 1 aliphatic rings. The van der Waals surface area contributed by atoms with E-state index >= 15 is 0 Å². The van der Waals surface area contributed by atoms with Crippen molar-refractivity contribution in [3.63, 3.8) is 0 Å². The van der Waals surface area contributed by atoms with Crippen molar-refractivity contribution in [3.05, 3.63) is 70.1 Å². The average molecular weight is 453 g/mol. The number of nitrogens with zero attached hydrogens (tertiary/aromatic N) is 4. The minimum Gasteiger partial charge on any atom is -0.368 e. The minimum absolute atomic E-state index is 0.211. The summed E-state index contributed by atoms with van der Waals surface area (Å²) in [6.07, 6.45) is 0. The van der Waals surface area contributed by atoms with Gasteiger partial charge in [0.2, 0.25) is 5.28 Å². The predicted molar refractivity (Wildman–Crippen MR) is 128 cm³/mol. The molecule has 0 saturated carbocycles. The highest BCUT2D eigenvalue weighted by molar-refractivity contribution is 7.17. The molecule has 1 fully saturated rings. The van der Waals surface area contributed by atoms with E-state index in [2.05, 4.69) is 57.2 Å². The van der Waals surface area contributed by atoms with Crippen LogP contribution in [-0.2, 0) is 0 Å². The predicted octanol–water partition coefficient (Wildman–Crippen LogP) is 6.09. The van der Waals surface area contributed by atoms with Gasteiger partial charge in [0.05, 0.1) is 5.39 Å². The van der Waals surface area contributed by atoms with E-state index in [1.165, 1.54) is 28.8 Å². The molecule has 0 aliphatic carbocycles. The number of thiophene rings is 1. The number of piperazine rings is 1. The van der Waals surface area contributed by atoms with Crippen LogP contribution in [0.15, 0.2) is 47.8 Å². The van der Waals surface area contributed by atoms with Crippen molar-refractivity contribution in [1.82, 2.24) is 9.97 Å². The Kier molecular flexibility index (Phi) is 5.28. The molecule has 4 aromatic rings. The Hall–Kier alpha value is -2.70. The number of fused-ring (bicyclic) bond motifs is 1. The van der Waals surface area contributed by atoms with Crippen LogP contribution in [0.3, 0.4) is 0 Å². The normalized spacial score (nSPS) is 14.5. The van der Waals surface area contributed by atoms with E-state index in [4.69, 9.17) is 11.6 Å². The monoisotopic (exact) mass is 452 g/mol. The molecule has 5 rings (SSSR count). The topological polar surface area (TPSA) is 32.3 Å². The third-order valence-electron chi connectivity index (χ3n) is 5.98. The van der Waals surface area contributed by atoms with E-state index in [0.717, 1.165) is 53.5 Å². The molecular weight excluding hydrogens is 431 g/mol. The van der Waals surface area contributed by atoms with Gasteiger partial charge in [-0.15, -0.1) is 11.3 Å². The van der Waals surface area contributed by atoms with Gasteiger partial charge in [-0.1, -0.05) is 18.2 Å². The summed E-state index contributed by atoms with van der Waals surface area (Å²) >= 11 is 7.90. The lowest BCUT2D eigenvalue weighted by molar-refractivity contribution is 0.624. The summed E-state index contributed by atoms with van der Waals surface area (Å²) in [7, 11) is 0. The highest BCUT2D eigenvalue weighted by atomic mass is 35.5. The number of rotatable bonds is 3. The largest absolute Gasteiger partial charge is 0.368 e. The maximum atomic E-state index is 13.3. The molecule has 2 aromatic heterocycles. The summed E-state index contributed by atoms with van der Waals surface area (Å²) in [6.45, 7) is 7.54. The second-order valence-corrected chi connectivity index (χ2v) is 9.09. The highest BCUT2D eigenvalue weighted by Crippen LogP contribution is 2.39. The third-order valence-corrected chi connectivity index (χ3v) is 7.02. The summed E-state index contributed by atoms with van der Waals surface area (Å²) < 4.78 is 13.3. The summed E-state index contributed by atoms with van der Waals surface area (Å²) in [6, 6.07) is 13.2. The second kappa shape index (κ2) is 8.09. The first-order valence-electron chi connectivity index (χ1n) is 10.3. The number of aryl methyl sites for hydroxylation is 2. The minimum atomic E-state index is -0.211. The first-order chi connectivity index (χ1) is 15.0. The van der Waals surface area contributed by atoms with E-state index in [1.807, 2.05) is 12.1 Å². The smallest absolute Gasteiger partial charge is 0.225 e. The van der Waals surface area contributed by atoms with Crippen LogP contribution < -0.4 is 9.80 Å². The first kappa shape index (κ1) is 20.2. The zero-order chi connectivity index (χ0) is 21.5. The molecule has 0 bridgehead atoms. The van der Waals surface area contributed by atoms with Gasteiger partial charge in [-0.25, -0.2) is 9.37 Å². The molecule has 1 saturated heterocycles. The zero-order valence-electron chi connectivity index (χ0n) is 17.4. The van der Waals surface area contributed by atoms with Crippen molar-refractivity contribution in [2.75, 3.05) is 36.0 Å². The molecule has 0 atom stereocenters. The van der Waals surface area contributed by atoms with Gasteiger partial charge in [-0.05, 0) is 66.4 Å². The Balaban J connectivity index is 1.49. The van der Waals surface area contributed by atoms with Gasteiger partial charge in [-0.3, -0.25) is 0 Å². The summed E-state index contributed by atoms with van der Waals surface area (Å²) in [5, 5.41) is 3.49. The standard InChI is InChI=1S/C24H22ClFN4S/c1-15-3-4-17(13-16(15)2)20-14-31-23-21(20)22(27-24(25)28-23)30-11-9-29(10-12-30)19-7-5-18(26)6-8-19/h3-8,13-14H,9-12H2,1-2H3. The molecule has 2 aromatic carbocycles. The lowest BCUT2D eigenvalue weighted by Crippen LogP contribution is -2.47. The molecule has 0 amide bonds. The first-order valence-corrected chi connectivity index (χ1v) is 11.5. The molecule has 4 nitrogen and oxygen atoms in total. The van der Waals surface area contributed by atoms with Gasteiger partial charge >= 0.3 is 0 Å². The van der Waals surface area contributed by atoms with E-state index in [0.29, 0.717) is 0 Å². The molecule has 1 aliphatic heterocycles. The third kappa shape index (κ3) is 3.86. The van der Waals surface area contributed by atoms with Crippen molar-refractivity contribution in [2.45, 2.75) is 13.8 Å². The Morgan fingerprint density at radius 2 is 1.61 bits per heavy atom. The van der Waals surface area contributed by atoms with E-state index in [1.54, 1.807) is 11.3 Å². The number of hydrogen-bond donors (Lipinski definition) is 0. The van der Waals surface area contributed by atoms with Gasteiger partial charge < -0.3 is 9.80 Å². The molecule has 0 spiro atoms. The lowest BCUT2D eigenvalue weighted by Gasteiger charge is -2.37. The molecule has 158 valence electrons. The van der Waals surface area contributed by atoms with Gasteiger partial charge in [0, 0.05) is 42.8 Å². The van der Waals surface area contributed by atoms with Gasteiger partial charge in [-0.2, -0.15) is 4.98 Å². The van der Waals surface area contributed by atoms with E-state index < -0.39 is 0 Å².